The summed E-state index contributed by atoms with van der Waals surface area (Å²) < 4.78 is 1.11. The first-order valence-electron chi connectivity index (χ1n) is 7.84. The topological polar surface area (TPSA) is 24.9 Å². The van der Waals surface area contributed by atoms with E-state index in [0.29, 0.717) is 11.7 Å². The number of rotatable bonds is 6. The first-order chi connectivity index (χ1) is 11.7. The Balaban J connectivity index is 1.65. The molecule has 0 saturated heterocycles. The number of aromatic nitrogens is 1. The summed E-state index contributed by atoms with van der Waals surface area (Å²) in [5.41, 5.74) is 4.69. The number of pyridine rings is 1. The third-order valence-electron chi connectivity index (χ3n) is 3.81. The summed E-state index contributed by atoms with van der Waals surface area (Å²) in [5, 5.41) is 4.00. The van der Waals surface area contributed by atoms with Crippen LogP contribution in [0.3, 0.4) is 0 Å². The van der Waals surface area contributed by atoms with Gasteiger partial charge in [-0.1, -0.05) is 76.1 Å². The van der Waals surface area contributed by atoms with E-state index in [1.165, 1.54) is 16.7 Å². The van der Waals surface area contributed by atoms with Crippen molar-refractivity contribution in [3.05, 3.63) is 98.7 Å². The first kappa shape index (κ1) is 17.2. The van der Waals surface area contributed by atoms with E-state index in [2.05, 4.69) is 62.6 Å². The molecule has 0 amide bonds. The number of nitrogens with zero attached hydrogens (tertiary/aromatic N) is 1. The zero-order valence-corrected chi connectivity index (χ0v) is 15.5. The molecule has 0 atom stereocenters. The molecule has 0 spiro atoms. The molecule has 0 aliphatic carbocycles. The molecule has 0 radical (unpaired) electrons. The van der Waals surface area contributed by atoms with Gasteiger partial charge in [0.1, 0.15) is 5.15 Å². The summed E-state index contributed by atoms with van der Waals surface area (Å²) in [4.78, 5) is 4.33. The van der Waals surface area contributed by atoms with Crippen LogP contribution in [0.2, 0.25) is 5.15 Å². The molecule has 0 fully saturated rings. The molecule has 1 N–H and O–H groups in total. The SMILES string of the molecule is Clc1ncc(Cc2ccccc2)cc1CNCc1ccccc1Br. The van der Waals surface area contributed by atoms with E-state index in [1.54, 1.807) is 0 Å². The van der Waals surface area contributed by atoms with Gasteiger partial charge in [0, 0.05) is 29.3 Å². The fraction of sp³-hybridized carbons (Fsp3) is 0.150. The van der Waals surface area contributed by atoms with Crippen LogP contribution >= 0.6 is 27.5 Å². The smallest absolute Gasteiger partial charge is 0.133 e. The van der Waals surface area contributed by atoms with Crippen molar-refractivity contribution < 1.29 is 0 Å². The van der Waals surface area contributed by atoms with Crippen LogP contribution in [0.5, 0.6) is 0 Å². The second kappa shape index (κ2) is 8.43. The van der Waals surface area contributed by atoms with Gasteiger partial charge in [0.25, 0.3) is 0 Å². The zero-order chi connectivity index (χ0) is 16.8. The molecular weight excluding hydrogens is 384 g/mol. The Kier molecular flexibility index (Phi) is 6.02. The summed E-state index contributed by atoms with van der Waals surface area (Å²) in [6, 6.07) is 20.7. The zero-order valence-electron chi connectivity index (χ0n) is 13.2. The van der Waals surface area contributed by atoms with Gasteiger partial charge in [-0.05, 0) is 35.2 Å². The van der Waals surface area contributed by atoms with Crippen molar-refractivity contribution >= 4 is 27.5 Å². The Hall–Kier alpha value is -1.68. The largest absolute Gasteiger partial charge is 0.308 e. The van der Waals surface area contributed by atoms with Crippen molar-refractivity contribution in [1.29, 1.82) is 0 Å². The average molecular weight is 402 g/mol. The normalized spacial score (nSPS) is 10.8. The van der Waals surface area contributed by atoms with Crippen molar-refractivity contribution in [1.82, 2.24) is 10.3 Å². The molecule has 0 bridgehead atoms. The van der Waals surface area contributed by atoms with Crippen LogP contribution in [0.4, 0.5) is 0 Å². The van der Waals surface area contributed by atoms with Crippen LogP contribution in [0, 0.1) is 0 Å². The van der Waals surface area contributed by atoms with Gasteiger partial charge in [0.2, 0.25) is 0 Å². The van der Waals surface area contributed by atoms with Crippen LogP contribution in [-0.2, 0) is 19.5 Å². The van der Waals surface area contributed by atoms with E-state index in [1.807, 2.05) is 30.5 Å². The summed E-state index contributed by atoms with van der Waals surface area (Å²) in [7, 11) is 0. The lowest BCUT2D eigenvalue weighted by Crippen LogP contribution is -2.14. The molecule has 0 aliphatic heterocycles. The van der Waals surface area contributed by atoms with E-state index in [-0.39, 0.29) is 0 Å². The second-order valence-electron chi connectivity index (χ2n) is 5.65. The fourth-order valence-corrected chi connectivity index (χ4v) is 3.16. The van der Waals surface area contributed by atoms with E-state index >= 15 is 0 Å². The minimum absolute atomic E-state index is 0.562. The maximum atomic E-state index is 6.25. The van der Waals surface area contributed by atoms with Gasteiger partial charge in [-0.3, -0.25) is 0 Å². The lowest BCUT2D eigenvalue weighted by molar-refractivity contribution is 0.689. The summed E-state index contributed by atoms with van der Waals surface area (Å²) >= 11 is 9.82. The Labute approximate surface area is 156 Å². The van der Waals surface area contributed by atoms with Crippen LogP contribution < -0.4 is 5.32 Å². The summed E-state index contributed by atoms with van der Waals surface area (Å²) in [6.45, 7) is 1.47. The Morgan fingerprint density at radius 3 is 2.38 bits per heavy atom. The number of hydrogen-bond donors (Lipinski definition) is 1. The van der Waals surface area contributed by atoms with Gasteiger partial charge in [0.15, 0.2) is 0 Å². The summed E-state index contributed by atoms with van der Waals surface area (Å²) in [6.07, 6.45) is 2.72. The van der Waals surface area contributed by atoms with Crippen molar-refractivity contribution in [2.45, 2.75) is 19.5 Å². The van der Waals surface area contributed by atoms with Crippen molar-refractivity contribution in [3.8, 4) is 0 Å². The highest BCUT2D eigenvalue weighted by Gasteiger charge is 2.05. The van der Waals surface area contributed by atoms with Crippen molar-refractivity contribution in [2.24, 2.45) is 0 Å². The highest BCUT2D eigenvalue weighted by Crippen LogP contribution is 2.18. The average Bonchev–Trinajstić information content (AvgIpc) is 2.60. The van der Waals surface area contributed by atoms with Gasteiger partial charge in [-0.2, -0.15) is 0 Å². The third kappa shape index (κ3) is 4.67. The molecule has 4 heteroatoms. The molecule has 1 heterocycles. The minimum Gasteiger partial charge on any atom is -0.308 e. The summed E-state index contributed by atoms with van der Waals surface area (Å²) in [5.74, 6) is 0. The molecule has 0 aliphatic rings. The van der Waals surface area contributed by atoms with E-state index in [4.69, 9.17) is 11.6 Å². The molecular formula is C20H18BrClN2. The van der Waals surface area contributed by atoms with Crippen LogP contribution in [-0.4, -0.2) is 4.98 Å². The molecule has 24 heavy (non-hydrogen) atoms. The quantitative estimate of drug-likeness (QED) is 0.561. The number of hydrogen-bond acceptors (Lipinski definition) is 2. The molecule has 2 aromatic carbocycles. The number of halogens is 2. The van der Waals surface area contributed by atoms with Crippen LogP contribution in [0.1, 0.15) is 22.3 Å². The predicted molar refractivity (Wildman–Crippen MR) is 103 cm³/mol. The second-order valence-corrected chi connectivity index (χ2v) is 6.86. The Morgan fingerprint density at radius 2 is 1.58 bits per heavy atom. The molecule has 0 unspecified atom stereocenters. The standard InChI is InChI=1S/C20H18BrClN2/c21-19-9-5-4-8-17(19)13-23-14-18-11-16(12-24-20(18)22)10-15-6-2-1-3-7-15/h1-9,11-12,23H,10,13-14H2. The molecule has 3 aromatic rings. The molecule has 1 aromatic heterocycles. The van der Waals surface area contributed by atoms with Crippen LogP contribution in [0.15, 0.2) is 71.3 Å². The minimum atomic E-state index is 0.562. The highest BCUT2D eigenvalue weighted by atomic mass is 79.9. The predicted octanol–water partition coefficient (Wildman–Crippen LogP) is 5.38. The van der Waals surface area contributed by atoms with Gasteiger partial charge >= 0.3 is 0 Å². The van der Waals surface area contributed by atoms with E-state index in [9.17, 15) is 0 Å². The highest BCUT2D eigenvalue weighted by molar-refractivity contribution is 9.10. The number of nitrogens with one attached hydrogen (secondary N) is 1. The maximum Gasteiger partial charge on any atom is 0.133 e. The molecule has 2 nitrogen and oxygen atoms in total. The monoisotopic (exact) mass is 400 g/mol. The Morgan fingerprint density at radius 1 is 0.875 bits per heavy atom. The van der Waals surface area contributed by atoms with Crippen molar-refractivity contribution in [3.63, 3.8) is 0 Å². The van der Waals surface area contributed by atoms with Gasteiger partial charge < -0.3 is 5.32 Å². The Bertz CT molecular complexity index is 806. The van der Waals surface area contributed by atoms with E-state index in [0.717, 1.165) is 23.0 Å². The number of benzene rings is 2. The molecule has 122 valence electrons. The van der Waals surface area contributed by atoms with Gasteiger partial charge in [-0.25, -0.2) is 4.98 Å². The van der Waals surface area contributed by atoms with Crippen molar-refractivity contribution in [2.75, 3.05) is 0 Å². The van der Waals surface area contributed by atoms with E-state index < -0.39 is 0 Å². The van der Waals surface area contributed by atoms with Gasteiger partial charge in [-0.15, -0.1) is 0 Å². The van der Waals surface area contributed by atoms with Gasteiger partial charge in [0.05, 0.1) is 0 Å². The first-order valence-corrected chi connectivity index (χ1v) is 9.01. The third-order valence-corrected chi connectivity index (χ3v) is 4.92. The lowest BCUT2D eigenvalue weighted by Gasteiger charge is -2.10. The van der Waals surface area contributed by atoms with Crippen LogP contribution in [0.25, 0.3) is 0 Å². The lowest BCUT2D eigenvalue weighted by atomic mass is 10.1. The fourth-order valence-electron chi connectivity index (χ4n) is 2.57. The molecule has 3 rings (SSSR count). The molecule has 0 saturated carbocycles. The maximum absolute atomic E-state index is 6.25.